The third kappa shape index (κ3) is 5.17. The maximum absolute atomic E-state index is 11.6. The Morgan fingerprint density at radius 1 is 1.33 bits per heavy atom. The van der Waals surface area contributed by atoms with Crippen molar-refractivity contribution in [2.75, 3.05) is 10.6 Å². The fraction of sp³-hybridized carbons (Fsp3) is 0.571. The minimum absolute atomic E-state index is 0.0140. The minimum Gasteiger partial charge on any atom is -0.381 e. The molecular formula is C14H23N3O. The second-order valence-electron chi connectivity index (χ2n) is 5.03. The van der Waals surface area contributed by atoms with Gasteiger partial charge >= 0.3 is 0 Å². The molecule has 4 heteroatoms. The van der Waals surface area contributed by atoms with Gasteiger partial charge in [0.25, 0.3) is 0 Å². The van der Waals surface area contributed by atoms with Crippen molar-refractivity contribution < 1.29 is 4.79 Å². The molecule has 1 atom stereocenters. The third-order valence-corrected chi connectivity index (χ3v) is 2.65. The molecule has 1 aromatic rings. The van der Waals surface area contributed by atoms with E-state index in [4.69, 9.17) is 0 Å². The van der Waals surface area contributed by atoms with Crippen LogP contribution in [0.15, 0.2) is 18.3 Å². The number of amides is 1. The molecule has 0 aromatic carbocycles. The summed E-state index contributed by atoms with van der Waals surface area (Å²) in [7, 11) is 0. The van der Waals surface area contributed by atoms with Gasteiger partial charge in [-0.25, -0.2) is 4.98 Å². The highest BCUT2D eigenvalue weighted by molar-refractivity contribution is 5.89. The first-order valence-electron chi connectivity index (χ1n) is 6.53. The van der Waals surface area contributed by atoms with Gasteiger partial charge < -0.3 is 10.6 Å². The lowest BCUT2D eigenvalue weighted by atomic mass is 10.1. The summed E-state index contributed by atoms with van der Waals surface area (Å²) in [5, 5.41) is 6.12. The number of nitrogens with one attached hydrogen (secondary N) is 2. The van der Waals surface area contributed by atoms with Crippen LogP contribution in [0.4, 0.5) is 11.5 Å². The Morgan fingerprint density at radius 2 is 2.06 bits per heavy atom. The van der Waals surface area contributed by atoms with Gasteiger partial charge in [-0.05, 0) is 31.4 Å². The van der Waals surface area contributed by atoms with Crippen molar-refractivity contribution >= 4 is 17.4 Å². The number of pyridine rings is 1. The molecule has 2 N–H and O–H groups in total. The van der Waals surface area contributed by atoms with E-state index in [-0.39, 0.29) is 5.91 Å². The molecule has 18 heavy (non-hydrogen) atoms. The molecule has 1 aromatic heterocycles. The Morgan fingerprint density at radius 3 is 2.56 bits per heavy atom. The van der Waals surface area contributed by atoms with E-state index in [1.165, 1.54) is 0 Å². The van der Waals surface area contributed by atoms with Crippen molar-refractivity contribution in [3.8, 4) is 0 Å². The van der Waals surface area contributed by atoms with Crippen LogP contribution in [0.1, 0.15) is 40.5 Å². The van der Waals surface area contributed by atoms with Crippen molar-refractivity contribution in [1.29, 1.82) is 0 Å². The van der Waals surface area contributed by atoms with Gasteiger partial charge in [0.2, 0.25) is 5.91 Å². The SMILES string of the molecule is CCC(C)Nc1ccc(NC(=O)CC(C)C)nc1. The van der Waals surface area contributed by atoms with Gasteiger partial charge in [0.1, 0.15) is 5.82 Å². The molecule has 0 spiro atoms. The monoisotopic (exact) mass is 249 g/mol. The molecule has 0 radical (unpaired) electrons. The van der Waals surface area contributed by atoms with E-state index in [0.717, 1.165) is 12.1 Å². The van der Waals surface area contributed by atoms with Crippen LogP contribution in [-0.4, -0.2) is 16.9 Å². The Labute approximate surface area is 109 Å². The Bertz CT molecular complexity index is 373. The lowest BCUT2D eigenvalue weighted by Crippen LogP contribution is -2.16. The fourth-order valence-corrected chi connectivity index (χ4v) is 1.50. The quantitative estimate of drug-likeness (QED) is 0.813. The van der Waals surface area contributed by atoms with Crippen molar-refractivity contribution in [2.24, 2.45) is 5.92 Å². The zero-order valence-electron chi connectivity index (χ0n) is 11.7. The van der Waals surface area contributed by atoms with Crippen LogP contribution in [0, 0.1) is 5.92 Å². The molecule has 1 heterocycles. The summed E-state index contributed by atoms with van der Waals surface area (Å²) in [4.78, 5) is 15.8. The van der Waals surface area contributed by atoms with Gasteiger partial charge in [-0.15, -0.1) is 0 Å². The van der Waals surface area contributed by atoms with Crippen LogP contribution in [0.2, 0.25) is 0 Å². The minimum atomic E-state index is 0.0140. The number of hydrogen-bond acceptors (Lipinski definition) is 3. The predicted octanol–water partition coefficient (Wildman–Crippen LogP) is 3.28. The van der Waals surface area contributed by atoms with E-state index < -0.39 is 0 Å². The van der Waals surface area contributed by atoms with E-state index in [1.807, 2.05) is 26.0 Å². The molecule has 0 saturated heterocycles. The van der Waals surface area contributed by atoms with E-state index >= 15 is 0 Å². The van der Waals surface area contributed by atoms with Gasteiger partial charge in [0, 0.05) is 12.5 Å². The lowest BCUT2D eigenvalue weighted by Gasteiger charge is -2.13. The average molecular weight is 249 g/mol. The van der Waals surface area contributed by atoms with Crippen molar-refractivity contribution in [2.45, 2.75) is 46.6 Å². The fourth-order valence-electron chi connectivity index (χ4n) is 1.50. The molecule has 1 amide bonds. The second-order valence-corrected chi connectivity index (χ2v) is 5.03. The van der Waals surface area contributed by atoms with Crippen molar-refractivity contribution in [3.05, 3.63) is 18.3 Å². The maximum Gasteiger partial charge on any atom is 0.225 e. The molecule has 0 saturated carbocycles. The molecule has 0 bridgehead atoms. The topological polar surface area (TPSA) is 54.0 Å². The van der Waals surface area contributed by atoms with Gasteiger partial charge in [-0.3, -0.25) is 4.79 Å². The molecule has 100 valence electrons. The van der Waals surface area contributed by atoms with Crippen LogP contribution in [0.3, 0.4) is 0 Å². The van der Waals surface area contributed by atoms with Gasteiger partial charge in [0.15, 0.2) is 0 Å². The summed E-state index contributed by atoms with van der Waals surface area (Å²) in [5.41, 5.74) is 0.978. The standard InChI is InChI=1S/C14H23N3O/c1-5-11(4)16-12-6-7-13(15-9-12)17-14(18)8-10(2)3/h6-7,9-11,16H,5,8H2,1-4H3,(H,15,17,18). The number of hydrogen-bond donors (Lipinski definition) is 2. The third-order valence-electron chi connectivity index (χ3n) is 2.65. The van der Waals surface area contributed by atoms with Gasteiger partial charge in [-0.1, -0.05) is 20.8 Å². The predicted molar refractivity (Wildman–Crippen MR) is 75.7 cm³/mol. The lowest BCUT2D eigenvalue weighted by molar-refractivity contribution is -0.116. The Kier molecular flexibility index (Phi) is 5.62. The Hall–Kier alpha value is -1.58. The van der Waals surface area contributed by atoms with Crippen LogP contribution in [0.25, 0.3) is 0 Å². The molecular weight excluding hydrogens is 226 g/mol. The number of nitrogens with zero attached hydrogens (tertiary/aromatic N) is 1. The molecule has 0 fully saturated rings. The first-order valence-corrected chi connectivity index (χ1v) is 6.53. The first-order chi connectivity index (χ1) is 8.51. The van der Waals surface area contributed by atoms with Gasteiger partial charge in [0.05, 0.1) is 11.9 Å². The van der Waals surface area contributed by atoms with E-state index in [9.17, 15) is 4.79 Å². The number of aromatic nitrogens is 1. The molecule has 0 aliphatic carbocycles. The van der Waals surface area contributed by atoms with E-state index in [0.29, 0.717) is 24.2 Å². The van der Waals surface area contributed by atoms with Crippen molar-refractivity contribution in [1.82, 2.24) is 4.98 Å². The van der Waals surface area contributed by atoms with Crippen LogP contribution in [0.5, 0.6) is 0 Å². The van der Waals surface area contributed by atoms with Crippen molar-refractivity contribution in [3.63, 3.8) is 0 Å². The summed E-state index contributed by atoms with van der Waals surface area (Å²) >= 11 is 0. The largest absolute Gasteiger partial charge is 0.381 e. The molecule has 0 aliphatic rings. The molecule has 4 nitrogen and oxygen atoms in total. The first kappa shape index (κ1) is 14.5. The molecule has 0 aliphatic heterocycles. The van der Waals surface area contributed by atoms with E-state index in [1.54, 1.807) is 6.20 Å². The zero-order chi connectivity index (χ0) is 13.5. The smallest absolute Gasteiger partial charge is 0.225 e. The number of anilines is 2. The maximum atomic E-state index is 11.6. The summed E-state index contributed by atoms with van der Waals surface area (Å²) in [6, 6.07) is 4.18. The van der Waals surface area contributed by atoms with Gasteiger partial charge in [-0.2, -0.15) is 0 Å². The average Bonchev–Trinajstić information content (AvgIpc) is 2.30. The van der Waals surface area contributed by atoms with Crippen LogP contribution >= 0.6 is 0 Å². The Balaban J connectivity index is 2.52. The highest BCUT2D eigenvalue weighted by atomic mass is 16.1. The summed E-state index contributed by atoms with van der Waals surface area (Å²) in [5.74, 6) is 0.979. The van der Waals surface area contributed by atoms with Crippen LogP contribution in [-0.2, 0) is 4.79 Å². The summed E-state index contributed by atoms with van der Waals surface area (Å²) < 4.78 is 0. The zero-order valence-corrected chi connectivity index (χ0v) is 11.7. The molecule has 1 unspecified atom stereocenters. The van der Waals surface area contributed by atoms with E-state index in [2.05, 4.69) is 29.5 Å². The molecule has 1 rings (SSSR count). The summed E-state index contributed by atoms with van der Waals surface area (Å²) in [6.07, 6.45) is 3.33. The van der Waals surface area contributed by atoms with Crippen LogP contribution < -0.4 is 10.6 Å². The normalized spacial score (nSPS) is 12.3. The highest BCUT2D eigenvalue weighted by Crippen LogP contribution is 2.12. The number of carbonyl (C=O) groups excluding carboxylic acids is 1. The number of carbonyl (C=O) groups is 1. The second kappa shape index (κ2) is 6.99. The summed E-state index contributed by atoms with van der Waals surface area (Å²) in [6.45, 7) is 8.29. The highest BCUT2D eigenvalue weighted by Gasteiger charge is 2.06. The number of rotatable bonds is 6.